The minimum atomic E-state index is -4.77. The molecular formula is C27H25ClF6N6O2. The zero-order valence-corrected chi connectivity index (χ0v) is 23.1. The van der Waals surface area contributed by atoms with Crippen molar-refractivity contribution in [3.8, 4) is 5.88 Å². The predicted octanol–water partition coefficient (Wildman–Crippen LogP) is 5.50. The molecule has 1 atom stereocenters. The number of ether oxygens (including phenoxy) is 1. The Bertz CT molecular complexity index is 1600. The second-order valence-electron chi connectivity index (χ2n) is 10.1. The van der Waals surface area contributed by atoms with E-state index in [4.69, 9.17) is 16.3 Å². The van der Waals surface area contributed by atoms with Gasteiger partial charge in [0, 0.05) is 30.7 Å². The lowest BCUT2D eigenvalue weighted by atomic mass is 9.83. The molecule has 0 aliphatic carbocycles. The number of halogens is 7. The molecule has 1 N–H and O–H groups in total. The summed E-state index contributed by atoms with van der Waals surface area (Å²) < 4.78 is 86.8. The summed E-state index contributed by atoms with van der Waals surface area (Å²) in [7, 11) is 2.88. The van der Waals surface area contributed by atoms with Gasteiger partial charge in [0.05, 0.1) is 35.5 Å². The molecule has 0 amide bonds. The Morgan fingerprint density at radius 3 is 2.33 bits per heavy atom. The molecule has 224 valence electrons. The van der Waals surface area contributed by atoms with E-state index >= 15 is 0 Å². The van der Waals surface area contributed by atoms with Crippen LogP contribution in [0.3, 0.4) is 0 Å². The summed E-state index contributed by atoms with van der Waals surface area (Å²) in [6, 6.07) is 6.55. The molecule has 1 aliphatic heterocycles. The highest BCUT2D eigenvalue weighted by atomic mass is 35.5. The third-order valence-electron chi connectivity index (χ3n) is 7.57. The van der Waals surface area contributed by atoms with Crippen LogP contribution in [0, 0.1) is 5.92 Å². The average Bonchev–Trinajstić information content (AvgIpc) is 3.39. The molecule has 3 aromatic heterocycles. The van der Waals surface area contributed by atoms with E-state index < -0.39 is 29.6 Å². The second kappa shape index (κ2) is 11.0. The summed E-state index contributed by atoms with van der Waals surface area (Å²) >= 11 is 6.86. The normalized spacial score (nSPS) is 17.0. The minimum absolute atomic E-state index is 0.0494. The molecule has 0 saturated carbocycles. The van der Waals surface area contributed by atoms with E-state index in [1.54, 1.807) is 0 Å². The monoisotopic (exact) mass is 614 g/mol. The predicted molar refractivity (Wildman–Crippen MR) is 140 cm³/mol. The number of methoxy groups -OCH3 is 1. The van der Waals surface area contributed by atoms with Gasteiger partial charge >= 0.3 is 12.4 Å². The van der Waals surface area contributed by atoms with Crippen molar-refractivity contribution in [3.05, 3.63) is 75.8 Å². The van der Waals surface area contributed by atoms with Crippen LogP contribution in [0.5, 0.6) is 5.88 Å². The number of likely N-dealkylation sites (tertiary alicyclic amines) is 1. The summed E-state index contributed by atoms with van der Waals surface area (Å²) in [6.07, 6.45) is -6.93. The van der Waals surface area contributed by atoms with Crippen LogP contribution in [0.2, 0.25) is 5.02 Å². The van der Waals surface area contributed by atoms with Gasteiger partial charge in [0.15, 0.2) is 5.60 Å². The number of fused-ring (bicyclic) bond motifs is 1. The Balaban J connectivity index is 1.60. The van der Waals surface area contributed by atoms with Crippen LogP contribution in [0.1, 0.15) is 40.9 Å². The van der Waals surface area contributed by atoms with Gasteiger partial charge in [-0.25, -0.2) is 9.67 Å². The van der Waals surface area contributed by atoms with Crippen molar-refractivity contribution < 1.29 is 36.2 Å². The number of aliphatic hydroxyl groups is 1. The van der Waals surface area contributed by atoms with Gasteiger partial charge in [0.25, 0.3) is 0 Å². The molecule has 15 heteroatoms. The van der Waals surface area contributed by atoms with Crippen LogP contribution in [-0.4, -0.2) is 61.3 Å². The summed E-state index contributed by atoms with van der Waals surface area (Å²) in [6.45, 7) is 0.548. The molecule has 5 rings (SSSR count). The highest BCUT2D eigenvalue weighted by molar-refractivity contribution is 6.36. The van der Waals surface area contributed by atoms with E-state index in [1.165, 1.54) is 49.3 Å². The summed E-state index contributed by atoms with van der Waals surface area (Å²) in [5, 5.41) is 20.4. The van der Waals surface area contributed by atoms with Crippen LogP contribution in [0.25, 0.3) is 10.9 Å². The first kappa shape index (κ1) is 30.0. The number of hydrogen-bond donors (Lipinski definition) is 1. The highest BCUT2D eigenvalue weighted by Crippen LogP contribution is 2.42. The minimum Gasteiger partial charge on any atom is -0.481 e. The third-order valence-corrected chi connectivity index (χ3v) is 8.01. The SMILES string of the molecule is COc1nc2ccc([C@@](O)(c3ccnc(C(F)(F)F)c3)c3cnnn3C)cc2c(Cl)c1CN1CCC(C(F)(F)F)CC1. The van der Waals surface area contributed by atoms with Crippen molar-refractivity contribution in [2.45, 2.75) is 37.3 Å². The quantitative estimate of drug-likeness (QED) is 0.287. The van der Waals surface area contributed by atoms with Crippen molar-refractivity contribution in [1.29, 1.82) is 0 Å². The zero-order chi connectivity index (χ0) is 30.4. The molecule has 1 saturated heterocycles. The highest BCUT2D eigenvalue weighted by Gasteiger charge is 2.42. The van der Waals surface area contributed by atoms with Gasteiger partial charge in [0.2, 0.25) is 5.88 Å². The molecule has 1 aliphatic rings. The summed E-state index contributed by atoms with van der Waals surface area (Å²) in [4.78, 5) is 9.75. The molecule has 1 fully saturated rings. The molecule has 4 aromatic rings. The van der Waals surface area contributed by atoms with E-state index in [9.17, 15) is 31.4 Å². The van der Waals surface area contributed by atoms with Gasteiger partial charge in [-0.3, -0.25) is 9.88 Å². The molecule has 0 spiro atoms. The standard InChI is InChI=1S/C27H25ClF6N6O2/c1-39-22(13-36-38-39)25(41,17-5-8-35-21(12-17)27(32,33)34)16-3-4-20-18(11-16)23(28)19(24(37-20)42-2)14-40-9-6-15(7-10-40)26(29,30)31/h3-5,8,11-13,15,41H,6-7,9-10,14H2,1-2H3/t25-/m1/s1. The first-order valence-corrected chi connectivity index (χ1v) is 13.2. The Hall–Kier alpha value is -3.49. The van der Waals surface area contributed by atoms with Gasteiger partial charge in [-0.15, -0.1) is 5.10 Å². The largest absolute Gasteiger partial charge is 0.481 e. The van der Waals surface area contributed by atoms with E-state index in [2.05, 4.69) is 20.3 Å². The lowest BCUT2D eigenvalue weighted by molar-refractivity contribution is -0.185. The first-order chi connectivity index (χ1) is 19.7. The van der Waals surface area contributed by atoms with E-state index in [1.807, 2.05) is 4.90 Å². The Kier molecular flexibility index (Phi) is 7.83. The number of piperidine rings is 1. The zero-order valence-electron chi connectivity index (χ0n) is 22.3. The van der Waals surface area contributed by atoms with Crippen LogP contribution in [0.4, 0.5) is 26.3 Å². The van der Waals surface area contributed by atoms with Crippen LogP contribution >= 0.6 is 11.6 Å². The van der Waals surface area contributed by atoms with Crippen molar-refractivity contribution in [2.75, 3.05) is 20.2 Å². The Labute approximate surface area is 240 Å². The fourth-order valence-corrected chi connectivity index (χ4v) is 5.60. The van der Waals surface area contributed by atoms with E-state index in [0.717, 1.165) is 12.3 Å². The third kappa shape index (κ3) is 5.50. The number of pyridine rings is 2. The number of aromatic nitrogens is 5. The van der Waals surface area contributed by atoms with Crippen molar-refractivity contribution in [2.24, 2.45) is 13.0 Å². The summed E-state index contributed by atoms with van der Waals surface area (Å²) in [5.74, 6) is -1.18. The van der Waals surface area contributed by atoms with E-state index in [0.29, 0.717) is 16.5 Å². The van der Waals surface area contributed by atoms with Gasteiger partial charge in [-0.1, -0.05) is 22.9 Å². The molecule has 42 heavy (non-hydrogen) atoms. The maximum absolute atomic E-state index is 13.6. The van der Waals surface area contributed by atoms with Crippen LogP contribution in [-0.2, 0) is 25.4 Å². The van der Waals surface area contributed by atoms with Crippen molar-refractivity contribution in [3.63, 3.8) is 0 Å². The van der Waals surface area contributed by atoms with Crippen molar-refractivity contribution in [1.82, 2.24) is 29.9 Å². The van der Waals surface area contributed by atoms with Gasteiger partial charge in [0.1, 0.15) is 5.69 Å². The Morgan fingerprint density at radius 1 is 1.05 bits per heavy atom. The topological polar surface area (TPSA) is 89.2 Å². The van der Waals surface area contributed by atoms with Crippen molar-refractivity contribution >= 4 is 22.5 Å². The molecular weight excluding hydrogens is 590 g/mol. The maximum atomic E-state index is 13.6. The molecule has 0 bridgehead atoms. The van der Waals surface area contributed by atoms with Crippen LogP contribution in [0.15, 0.2) is 42.7 Å². The van der Waals surface area contributed by atoms with Crippen LogP contribution < -0.4 is 4.74 Å². The molecule has 0 radical (unpaired) electrons. The number of rotatable bonds is 6. The second-order valence-corrected chi connectivity index (χ2v) is 10.5. The van der Waals surface area contributed by atoms with Gasteiger partial charge in [-0.2, -0.15) is 26.3 Å². The average molecular weight is 615 g/mol. The number of hydrogen-bond acceptors (Lipinski definition) is 7. The number of aryl methyl sites for hydroxylation is 1. The first-order valence-electron chi connectivity index (χ1n) is 12.8. The maximum Gasteiger partial charge on any atom is 0.433 e. The number of benzene rings is 1. The fraction of sp³-hybridized carbons (Fsp3) is 0.407. The lowest BCUT2D eigenvalue weighted by Gasteiger charge is -2.33. The summed E-state index contributed by atoms with van der Waals surface area (Å²) in [5.41, 5.74) is -2.48. The fourth-order valence-electron chi connectivity index (χ4n) is 5.31. The lowest BCUT2D eigenvalue weighted by Crippen LogP contribution is -2.38. The number of alkyl halides is 6. The van der Waals surface area contributed by atoms with Gasteiger partial charge < -0.3 is 9.84 Å². The molecule has 0 unspecified atom stereocenters. The van der Waals surface area contributed by atoms with Gasteiger partial charge in [-0.05, 0) is 61.3 Å². The molecule has 4 heterocycles. The number of nitrogens with zero attached hydrogens (tertiary/aromatic N) is 6. The molecule has 1 aromatic carbocycles. The Morgan fingerprint density at radius 2 is 1.74 bits per heavy atom. The van der Waals surface area contributed by atoms with E-state index in [-0.39, 0.29) is 60.2 Å². The smallest absolute Gasteiger partial charge is 0.433 e. The molecule has 8 nitrogen and oxygen atoms in total.